The SMILES string of the molecule is O=c1[nH]ncc(N2Cc3cccc(CNc4ccncc4)c3C2)c1C(F)(F)F. The zero-order valence-corrected chi connectivity index (χ0v) is 14.6. The maximum absolute atomic E-state index is 13.4. The lowest BCUT2D eigenvalue weighted by Gasteiger charge is -2.21. The second-order valence-electron chi connectivity index (χ2n) is 6.46. The van der Waals surface area contributed by atoms with E-state index < -0.39 is 17.3 Å². The number of halogens is 3. The van der Waals surface area contributed by atoms with E-state index in [1.807, 2.05) is 35.4 Å². The van der Waals surface area contributed by atoms with Crippen molar-refractivity contribution in [3.05, 3.63) is 81.5 Å². The molecule has 0 spiro atoms. The molecule has 0 fully saturated rings. The molecule has 3 aromatic rings. The molecule has 6 nitrogen and oxygen atoms in total. The van der Waals surface area contributed by atoms with Gasteiger partial charge in [0.1, 0.15) is 5.56 Å². The smallest absolute Gasteiger partial charge is 0.381 e. The Balaban J connectivity index is 1.62. The van der Waals surface area contributed by atoms with E-state index in [9.17, 15) is 18.0 Å². The van der Waals surface area contributed by atoms with E-state index in [1.54, 1.807) is 12.4 Å². The van der Waals surface area contributed by atoms with Crippen molar-refractivity contribution < 1.29 is 13.2 Å². The van der Waals surface area contributed by atoms with Crippen molar-refractivity contribution in [3.63, 3.8) is 0 Å². The van der Waals surface area contributed by atoms with Gasteiger partial charge in [-0.05, 0) is 28.8 Å². The topological polar surface area (TPSA) is 73.9 Å². The van der Waals surface area contributed by atoms with Crippen LogP contribution in [-0.2, 0) is 25.8 Å². The minimum absolute atomic E-state index is 0.208. The van der Waals surface area contributed by atoms with Crippen molar-refractivity contribution >= 4 is 11.4 Å². The second-order valence-corrected chi connectivity index (χ2v) is 6.46. The van der Waals surface area contributed by atoms with E-state index in [-0.39, 0.29) is 18.8 Å². The summed E-state index contributed by atoms with van der Waals surface area (Å²) >= 11 is 0. The molecule has 0 amide bonds. The zero-order valence-electron chi connectivity index (χ0n) is 14.6. The number of nitrogens with one attached hydrogen (secondary N) is 2. The molecule has 0 aliphatic carbocycles. The Morgan fingerprint density at radius 2 is 1.93 bits per heavy atom. The van der Waals surface area contributed by atoms with E-state index in [1.165, 1.54) is 4.90 Å². The number of hydrogen-bond acceptors (Lipinski definition) is 5. The molecule has 28 heavy (non-hydrogen) atoms. The number of nitrogens with zero attached hydrogens (tertiary/aromatic N) is 3. The third-order valence-electron chi connectivity index (χ3n) is 4.70. The van der Waals surface area contributed by atoms with Crippen LogP contribution in [-0.4, -0.2) is 15.2 Å². The fraction of sp³-hybridized carbons (Fsp3) is 0.211. The van der Waals surface area contributed by atoms with Gasteiger partial charge in [-0.3, -0.25) is 9.78 Å². The number of pyridine rings is 1. The van der Waals surface area contributed by atoms with Gasteiger partial charge in [0.05, 0.1) is 11.9 Å². The van der Waals surface area contributed by atoms with Crippen LogP contribution in [0.1, 0.15) is 22.3 Å². The van der Waals surface area contributed by atoms with Gasteiger partial charge in [-0.2, -0.15) is 18.3 Å². The Kier molecular flexibility index (Phi) is 4.50. The van der Waals surface area contributed by atoms with Gasteiger partial charge in [-0.15, -0.1) is 0 Å². The van der Waals surface area contributed by atoms with E-state index in [0.717, 1.165) is 28.6 Å². The molecular weight excluding hydrogens is 371 g/mol. The summed E-state index contributed by atoms with van der Waals surface area (Å²) in [5.41, 5.74) is 1.12. The first-order valence-electron chi connectivity index (χ1n) is 8.57. The van der Waals surface area contributed by atoms with E-state index in [0.29, 0.717) is 6.54 Å². The van der Waals surface area contributed by atoms with Crippen molar-refractivity contribution in [1.82, 2.24) is 15.2 Å². The van der Waals surface area contributed by atoms with Gasteiger partial charge in [0.15, 0.2) is 0 Å². The number of alkyl halides is 3. The summed E-state index contributed by atoms with van der Waals surface area (Å²) in [5.74, 6) is 0. The molecule has 1 aliphatic heterocycles. The lowest BCUT2D eigenvalue weighted by Crippen LogP contribution is -2.28. The number of aromatic amines is 1. The van der Waals surface area contributed by atoms with E-state index in [4.69, 9.17) is 0 Å². The summed E-state index contributed by atoms with van der Waals surface area (Å²) in [7, 11) is 0. The third-order valence-corrected chi connectivity index (χ3v) is 4.70. The molecule has 144 valence electrons. The molecular formula is C19H16F3N5O. The minimum atomic E-state index is -4.76. The lowest BCUT2D eigenvalue weighted by molar-refractivity contribution is -0.138. The number of aromatic nitrogens is 3. The second kappa shape index (κ2) is 6.99. The van der Waals surface area contributed by atoms with Crippen LogP contribution in [0.3, 0.4) is 0 Å². The van der Waals surface area contributed by atoms with Gasteiger partial charge < -0.3 is 10.2 Å². The molecule has 0 bridgehead atoms. The maximum Gasteiger partial charge on any atom is 0.423 e. The predicted octanol–water partition coefficient (Wildman–Crippen LogP) is 3.32. The van der Waals surface area contributed by atoms with Crippen LogP contribution in [0, 0.1) is 0 Å². The quantitative estimate of drug-likeness (QED) is 0.719. The van der Waals surface area contributed by atoms with Crippen LogP contribution in [0.4, 0.5) is 24.5 Å². The molecule has 0 atom stereocenters. The van der Waals surface area contributed by atoms with Crippen molar-refractivity contribution in [2.24, 2.45) is 0 Å². The molecule has 3 heterocycles. The Bertz CT molecular complexity index is 1050. The number of anilines is 2. The Labute approximate surface area is 158 Å². The highest BCUT2D eigenvalue weighted by molar-refractivity contribution is 5.57. The number of hydrogen-bond donors (Lipinski definition) is 2. The first-order chi connectivity index (χ1) is 13.4. The summed E-state index contributed by atoms with van der Waals surface area (Å²) in [4.78, 5) is 17.3. The summed E-state index contributed by atoms with van der Waals surface area (Å²) in [6.45, 7) is 1.09. The monoisotopic (exact) mass is 387 g/mol. The maximum atomic E-state index is 13.4. The summed E-state index contributed by atoms with van der Waals surface area (Å²) in [6, 6.07) is 9.39. The Morgan fingerprint density at radius 1 is 1.14 bits per heavy atom. The highest BCUT2D eigenvalue weighted by atomic mass is 19.4. The normalized spacial score (nSPS) is 13.5. The fourth-order valence-electron chi connectivity index (χ4n) is 3.40. The Hall–Kier alpha value is -3.36. The van der Waals surface area contributed by atoms with Gasteiger partial charge in [0.25, 0.3) is 5.56 Å². The molecule has 4 rings (SSSR count). The van der Waals surface area contributed by atoms with Crippen LogP contribution >= 0.6 is 0 Å². The van der Waals surface area contributed by atoms with Crippen molar-refractivity contribution in [2.45, 2.75) is 25.8 Å². The van der Waals surface area contributed by atoms with Crippen molar-refractivity contribution in [1.29, 1.82) is 0 Å². The molecule has 0 unspecified atom stereocenters. The number of fused-ring (bicyclic) bond motifs is 1. The number of benzene rings is 1. The Morgan fingerprint density at radius 3 is 2.68 bits per heavy atom. The standard InChI is InChI=1S/C19H16F3N5O/c20-19(21,22)17-16(9-25-26-18(17)28)27-10-13-3-1-2-12(15(13)11-27)8-24-14-4-6-23-7-5-14/h1-7,9H,8,10-11H2,(H,23,24)(H,26,28). The summed E-state index contributed by atoms with van der Waals surface area (Å²) in [5, 5.41) is 8.72. The number of rotatable bonds is 4. The molecule has 2 aromatic heterocycles. The van der Waals surface area contributed by atoms with Crippen molar-refractivity contribution in [3.8, 4) is 0 Å². The van der Waals surface area contributed by atoms with Crippen LogP contribution in [0.25, 0.3) is 0 Å². The zero-order chi connectivity index (χ0) is 19.7. The van der Waals surface area contributed by atoms with E-state index in [2.05, 4.69) is 15.4 Å². The van der Waals surface area contributed by atoms with Crippen LogP contribution < -0.4 is 15.8 Å². The molecule has 1 aromatic carbocycles. The highest BCUT2D eigenvalue weighted by Crippen LogP contribution is 2.37. The average Bonchev–Trinajstić information content (AvgIpc) is 3.11. The molecule has 2 N–H and O–H groups in total. The van der Waals surface area contributed by atoms with Gasteiger partial charge in [-0.25, -0.2) is 5.10 Å². The van der Waals surface area contributed by atoms with Crippen LogP contribution in [0.2, 0.25) is 0 Å². The molecule has 1 aliphatic rings. The number of H-pyrrole nitrogens is 1. The summed E-state index contributed by atoms with van der Waals surface area (Å²) < 4.78 is 40.2. The molecule has 0 radical (unpaired) electrons. The highest BCUT2D eigenvalue weighted by Gasteiger charge is 2.39. The van der Waals surface area contributed by atoms with Gasteiger partial charge in [-0.1, -0.05) is 18.2 Å². The molecule has 0 saturated carbocycles. The van der Waals surface area contributed by atoms with Crippen LogP contribution in [0.5, 0.6) is 0 Å². The van der Waals surface area contributed by atoms with Gasteiger partial charge in [0.2, 0.25) is 0 Å². The van der Waals surface area contributed by atoms with Gasteiger partial charge >= 0.3 is 6.18 Å². The minimum Gasteiger partial charge on any atom is -0.381 e. The van der Waals surface area contributed by atoms with Gasteiger partial charge in [0, 0.05) is 37.7 Å². The lowest BCUT2D eigenvalue weighted by atomic mass is 10.0. The molecule has 0 saturated heterocycles. The van der Waals surface area contributed by atoms with Crippen molar-refractivity contribution in [2.75, 3.05) is 10.2 Å². The molecule has 9 heteroatoms. The largest absolute Gasteiger partial charge is 0.423 e. The predicted molar refractivity (Wildman–Crippen MR) is 97.8 cm³/mol. The van der Waals surface area contributed by atoms with E-state index >= 15 is 0 Å². The first-order valence-corrected chi connectivity index (χ1v) is 8.57. The first kappa shape index (κ1) is 18.0. The third kappa shape index (κ3) is 3.42. The van der Waals surface area contributed by atoms with Crippen LogP contribution in [0.15, 0.2) is 53.7 Å². The fourth-order valence-corrected chi connectivity index (χ4v) is 3.40. The summed E-state index contributed by atoms with van der Waals surface area (Å²) in [6.07, 6.45) is -0.340. The average molecular weight is 387 g/mol.